The minimum Gasteiger partial charge on any atom is -0.462 e. The number of hydrogen-bond donors (Lipinski definition) is 3. The highest BCUT2D eigenvalue weighted by atomic mass is 31.2. The van der Waals surface area contributed by atoms with Crippen LogP contribution >= 0.6 is 15.6 Å². The zero-order valence-corrected chi connectivity index (χ0v) is 55.1. The molecule has 17 nitrogen and oxygen atoms in total. The molecule has 0 aliphatic rings. The number of unbranched alkanes of at least 4 members (excludes halogenated alkanes) is 36. The highest BCUT2D eigenvalue weighted by molar-refractivity contribution is 7.47. The predicted molar refractivity (Wildman–Crippen MR) is 331 cm³/mol. The van der Waals surface area contributed by atoms with E-state index in [1.165, 1.54) is 141 Å². The van der Waals surface area contributed by atoms with Gasteiger partial charge >= 0.3 is 39.5 Å². The molecule has 0 bridgehead atoms. The number of hydrogen-bond acceptors (Lipinski definition) is 15. The van der Waals surface area contributed by atoms with Crippen LogP contribution in [0, 0.1) is 5.92 Å². The van der Waals surface area contributed by atoms with Gasteiger partial charge < -0.3 is 33.8 Å². The first-order valence-electron chi connectivity index (χ1n) is 33.6. The van der Waals surface area contributed by atoms with Gasteiger partial charge in [-0.3, -0.25) is 37.3 Å². The Morgan fingerprint density at radius 1 is 0.325 bits per heavy atom. The lowest BCUT2D eigenvalue weighted by Gasteiger charge is -2.21. The fourth-order valence-electron chi connectivity index (χ4n) is 9.58. The Hall–Kier alpha value is -1.94. The Kier molecular flexibility index (Phi) is 56.4. The molecule has 0 aromatic heterocycles. The minimum atomic E-state index is -4.94. The van der Waals surface area contributed by atoms with Crippen LogP contribution in [-0.4, -0.2) is 96.7 Å². The van der Waals surface area contributed by atoms with E-state index >= 15 is 0 Å². The molecule has 0 rings (SSSR count). The lowest BCUT2D eigenvalue weighted by atomic mass is 10.0. The van der Waals surface area contributed by atoms with Crippen molar-refractivity contribution in [3.8, 4) is 0 Å². The van der Waals surface area contributed by atoms with Gasteiger partial charge in [0.1, 0.15) is 19.3 Å². The van der Waals surface area contributed by atoms with E-state index in [4.69, 9.17) is 37.0 Å². The van der Waals surface area contributed by atoms with E-state index in [1.807, 2.05) is 0 Å². The van der Waals surface area contributed by atoms with Crippen molar-refractivity contribution in [2.45, 2.75) is 342 Å². The molecule has 0 radical (unpaired) electrons. The number of aliphatic hydroxyl groups excluding tert-OH is 1. The molecule has 0 heterocycles. The quantitative estimate of drug-likeness (QED) is 0.0222. The summed E-state index contributed by atoms with van der Waals surface area (Å²) >= 11 is 0. The monoisotopic (exact) mass is 1230 g/mol. The standard InChI is InChI=1S/C64H124O17P2/c1-6-9-12-15-18-21-22-23-24-25-29-35-40-45-50-64(69)81-60(54-75-62(67)48-43-38-33-30-26-28-31-36-41-46-57(4)5)56-79-83(72,73)77-52-58(65)51-76-82(70,71)78-55-59(53-74-61(66)47-42-37-32-20-17-14-11-8-3)80-63(68)49-44-39-34-27-19-16-13-10-7-2/h57-60,65H,6-56H2,1-5H3,(H,70,71)(H,72,73)/t58-,59+,60+/m0/s1. The van der Waals surface area contributed by atoms with Gasteiger partial charge in [0.25, 0.3) is 0 Å². The summed E-state index contributed by atoms with van der Waals surface area (Å²) in [5.41, 5.74) is 0. The predicted octanol–water partition coefficient (Wildman–Crippen LogP) is 17.8. The number of esters is 4. The summed E-state index contributed by atoms with van der Waals surface area (Å²) in [7, 11) is -9.88. The first kappa shape index (κ1) is 81.1. The van der Waals surface area contributed by atoms with Crippen LogP contribution in [0.5, 0.6) is 0 Å². The second-order valence-electron chi connectivity index (χ2n) is 23.6. The van der Waals surface area contributed by atoms with Crippen molar-refractivity contribution in [2.75, 3.05) is 39.6 Å². The molecule has 5 atom stereocenters. The van der Waals surface area contributed by atoms with Gasteiger partial charge in [-0.25, -0.2) is 9.13 Å². The third-order valence-electron chi connectivity index (χ3n) is 14.8. The van der Waals surface area contributed by atoms with Crippen molar-refractivity contribution in [3.05, 3.63) is 0 Å². The maximum absolute atomic E-state index is 13.0. The molecule has 0 aromatic carbocycles. The first-order valence-corrected chi connectivity index (χ1v) is 36.6. The fraction of sp³-hybridized carbons (Fsp3) is 0.938. The van der Waals surface area contributed by atoms with E-state index in [0.717, 1.165) is 102 Å². The van der Waals surface area contributed by atoms with Gasteiger partial charge in [-0.2, -0.15) is 0 Å². The zero-order valence-electron chi connectivity index (χ0n) is 53.3. The van der Waals surface area contributed by atoms with Crippen molar-refractivity contribution < 1.29 is 80.2 Å². The van der Waals surface area contributed by atoms with E-state index in [9.17, 15) is 43.2 Å². The molecule has 492 valence electrons. The SMILES string of the molecule is CCCCCCCCCCCCCCCCC(=O)O[C@H](COC(=O)CCCCCCCCCCCC(C)C)COP(=O)(O)OC[C@@H](O)COP(=O)(O)OC[C@@H](COC(=O)CCCCCCCCCC)OC(=O)CCCCCCCCCCC. The smallest absolute Gasteiger partial charge is 0.462 e. The summed E-state index contributed by atoms with van der Waals surface area (Å²) in [6.45, 7) is 7.14. The van der Waals surface area contributed by atoms with E-state index in [2.05, 4.69) is 34.6 Å². The summed E-state index contributed by atoms with van der Waals surface area (Å²) in [6.07, 6.45) is 41.7. The molecule has 0 amide bonds. The van der Waals surface area contributed by atoms with Crippen molar-refractivity contribution in [1.82, 2.24) is 0 Å². The van der Waals surface area contributed by atoms with Gasteiger partial charge in [0.05, 0.1) is 26.4 Å². The average Bonchev–Trinajstić information content (AvgIpc) is 3.47. The molecule has 83 heavy (non-hydrogen) atoms. The zero-order chi connectivity index (χ0) is 61.3. The summed E-state index contributed by atoms with van der Waals surface area (Å²) in [6, 6.07) is 0. The maximum atomic E-state index is 13.0. The molecule has 0 spiro atoms. The van der Waals surface area contributed by atoms with Crippen LogP contribution in [0.2, 0.25) is 0 Å². The number of aliphatic hydroxyl groups is 1. The van der Waals surface area contributed by atoms with E-state index in [-0.39, 0.29) is 25.7 Å². The van der Waals surface area contributed by atoms with Crippen molar-refractivity contribution in [2.24, 2.45) is 5.92 Å². The summed E-state index contributed by atoms with van der Waals surface area (Å²) < 4.78 is 67.9. The lowest BCUT2D eigenvalue weighted by molar-refractivity contribution is -0.161. The number of phosphoric acid groups is 2. The average molecular weight is 1230 g/mol. The van der Waals surface area contributed by atoms with Gasteiger partial charge in [-0.05, 0) is 31.6 Å². The fourth-order valence-corrected chi connectivity index (χ4v) is 11.2. The third kappa shape index (κ3) is 58.8. The Labute approximate surface area is 505 Å². The van der Waals surface area contributed by atoms with Crippen LogP contribution < -0.4 is 0 Å². The Balaban J connectivity index is 5.22. The van der Waals surface area contributed by atoms with Crippen LogP contribution in [0.15, 0.2) is 0 Å². The van der Waals surface area contributed by atoms with E-state index < -0.39 is 97.5 Å². The van der Waals surface area contributed by atoms with Gasteiger partial charge in [-0.1, -0.05) is 272 Å². The summed E-state index contributed by atoms with van der Waals surface area (Å²) in [5, 5.41) is 10.5. The highest BCUT2D eigenvalue weighted by Crippen LogP contribution is 2.45. The number of phosphoric ester groups is 2. The molecule has 2 unspecified atom stereocenters. The second kappa shape index (κ2) is 57.8. The van der Waals surface area contributed by atoms with Gasteiger partial charge in [0.2, 0.25) is 0 Å². The molecule has 19 heteroatoms. The Morgan fingerprint density at radius 3 is 0.819 bits per heavy atom. The van der Waals surface area contributed by atoms with Crippen LogP contribution in [0.25, 0.3) is 0 Å². The molecule has 0 saturated carbocycles. The molecular formula is C64H124O17P2. The van der Waals surface area contributed by atoms with Gasteiger partial charge in [-0.15, -0.1) is 0 Å². The Bertz CT molecular complexity index is 1620. The Morgan fingerprint density at radius 2 is 0.554 bits per heavy atom. The maximum Gasteiger partial charge on any atom is 0.472 e. The summed E-state index contributed by atoms with van der Waals surface area (Å²) in [5.74, 6) is -1.39. The number of ether oxygens (including phenoxy) is 4. The highest BCUT2D eigenvalue weighted by Gasteiger charge is 2.30. The molecule has 0 aliphatic heterocycles. The second-order valence-corrected chi connectivity index (χ2v) is 26.5. The molecule has 0 aliphatic carbocycles. The van der Waals surface area contributed by atoms with Gasteiger partial charge in [0, 0.05) is 25.7 Å². The summed E-state index contributed by atoms with van der Waals surface area (Å²) in [4.78, 5) is 72.1. The first-order chi connectivity index (χ1) is 40.0. The molecule has 0 fully saturated rings. The minimum absolute atomic E-state index is 0.106. The topological polar surface area (TPSA) is 237 Å². The van der Waals surface area contributed by atoms with E-state index in [1.54, 1.807) is 0 Å². The molecule has 0 saturated heterocycles. The third-order valence-corrected chi connectivity index (χ3v) is 16.7. The van der Waals surface area contributed by atoms with Crippen molar-refractivity contribution in [1.29, 1.82) is 0 Å². The van der Waals surface area contributed by atoms with Crippen molar-refractivity contribution >= 4 is 39.5 Å². The molecule has 3 N–H and O–H groups in total. The number of carbonyl (C=O) groups excluding carboxylic acids is 4. The normalized spacial score (nSPS) is 14.2. The van der Waals surface area contributed by atoms with Crippen LogP contribution in [-0.2, 0) is 65.4 Å². The molecule has 0 aromatic rings. The number of carbonyl (C=O) groups is 4. The molecular weight excluding hydrogens is 1100 g/mol. The van der Waals surface area contributed by atoms with Crippen molar-refractivity contribution in [3.63, 3.8) is 0 Å². The van der Waals surface area contributed by atoms with Gasteiger partial charge in [0.15, 0.2) is 12.2 Å². The largest absolute Gasteiger partial charge is 0.472 e. The van der Waals surface area contributed by atoms with E-state index in [0.29, 0.717) is 25.7 Å². The lowest BCUT2D eigenvalue weighted by Crippen LogP contribution is -2.30. The van der Waals surface area contributed by atoms with Crippen LogP contribution in [0.1, 0.15) is 324 Å². The number of rotatable bonds is 64. The van der Waals surface area contributed by atoms with Crippen LogP contribution in [0.4, 0.5) is 0 Å². The van der Waals surface area contributed by atoms with Crippen LogP contribution in [0.3, 0.4) is 0 Å².